The van der Waals surface area contributed by atoms with E-state index < -0.39 is 0 Å². The summed E-state index contributed by atoms with van der Waals surface area (Å²) in [5.41, 5.74) is 3.87. The highest BCUT2D eigenvalue weighted by Crippen LogP contribution is 2.26. The fourth-order valence-electron chi connectivity index (χ4n) is 3.29. The molecule has 1 atom stereocenters. The number of nitrogens with zero attached hydrogens (tertiary/aromatic N) is 6. The van der Waals surface area contributed by atoms with Crippen LogP contribution >= 0.6 is 0 Å². The van der Waals surface area contributed by atoms with Crippen LogP contribution < -0.4 is 5.32 Å². The number of amides is 1. The van der Waals surface area contributed by atoms with Crippen LogP contribution in [0.5, 0.6) is 0 Å². The first-order chi connectivity index (χ1) is 13.9. The molecule has 0 fully saturated rings. The Kier molecular flexibility index (Phi) is 4.87. The number of fused-ring (bicyclic) bond motifs is 1. The van der Waals surface area contributed by atoms with E-state index >= 15 is 0 Å². The summed E-state index contributed by atoms with van der Waals surface area (Å²) >= 11 is 0. The van der Waals surface area contributed by atoms with Gasteiger partial charge in [-0.25, -0.2) is 4.98 Å². The number of hydrogen-bond acceptors (Lipinski definition) is 6. The van der Waals surface area contributed by atoms with Crippen LogP contribution in [0.15, 0.2) is 35.2 Å². The minimum Gasteiger partial charge on any atom is -0.352 e. The summed E-state index contributed by atoms with van der Waals surface area (Å²) in [4.78, 5) is 17.5. The first kappa shape index (κ1) is 18.9. The van der Waals surface area contributed by atoms with E-state index in [4.69, 9.17) is 4.52 Å². The molecule has 0 bridgehead atoms. The smallest absolute Gasteiger partial charge is 0.259 e. The standard InChI is InChI=1S/C20H23N7O2/c1-12(10-27-6-5-13(2)24-27)8-21-19(28)16-7-17(15-9-22-26(4)11-15)23-20-18(16)14(3)25-29-20/h5-7,9,11-12H,8,10H2,1-4H3,(H,21,28)/t12-/m0/s1. The van der Waals surface area contributed by atoms with Gasteiger partial charge in [0, 0.05) is 38.1 Å². The van der Waals surface area contributed by atoms with Crippen molar-refractivity contribution >= 4 is 17.0 Å². The molecule has 0 saturated carbocycles. The molecule has 4 aromatic rings. The summed E-state index contributed by atoms with van der Waals surface area (Å²) < 4.78 is 8.91. The summed E-state index contributed by atoms with van der Waals surface area (Å²) in [6.07, 6.45) is 5.49. The van der Waals surface area contributed by atoms with Crippen LogP contribution in [-0.4, -0.2) is 42.2 Å². The molecule has 0 radical (unpaired) electrons. The van der Waals surface area contributed by atoms with Crippen molar-refractivity contribution in [1.82, 2.24) is 35.0 Å². The summed E-state index contributed by atoms with van der Waals surface area (Å²) in [5, 5.41) is 16.2. The Morgan fingerprint density at radius 1 is 1.34 bits per heavy atom. The zero-order valence-electron chi connectivity index (χ0n) is 16.9. The van der Waals surface area contributed by atoms with Gasteiger partial charge in [-0.1, -0.05) is 12.1 Å². The molecule has 0 aliphatic carbocycles. The number of pyridine rings is 1. The molecule has 0 spiro atoms. The van der Waals surface area contributed by atoms with Crippen molar-refractivity contribution in [2.24, 2.45) is 13.0 Å². The quantitative estimate of drug-likeness (QED) is 0.540. The van der Waals surface area contributed by atoms with Crippen molar-refractivity contribution in [2.45, 2.75) is 27.3 Å². The molecule has 0 aliphatic heterocycles. The van der Waals surface area contributed by atoms with Crippen LogP contribution in [0, 0.1) is 19.8 Å². The van der Waals surface area contributed by atoms with Gasteiger partial charge in [0.1, 0.15) is 0 Å². The van der Waals surface area contributed by atoms with Crippen LogP contribution in [0.1, 0.15) is 28.7 Å². The molecule has 9 nitrogen and oxygen atoms in total. The van der Waals surface area contributed by atoms with Crippen molar-refractivity contribution in [3.05, 3.63) is 47.7 Å². The van der Waals surface area contributed by atoms with Crippen molar-refractivity contribution in [3.63, 3.8) is 0 Å². The lowest BCUT2D eigenvalue weighted by Gasteiger charge is -2.13. The van der Waals surface area contributed by atoms with Gasteiger partial charge in [-0.05, 0) is 31.9 Å². The summed E-state index contributed by atoms with van der Waals surface area (Å²) in [5.74, 6) is 0.0364. The van der Waals surface area contributed by atoms with E-state index in [1.807, 2.05) is 37.1 Å². The molecule has 0 aromatic carbocycles. The molecule has 0 unspecified atom stereocenters. The van der Waals surface area contributed by atoms with Crippen LogP contribution in [-0.2, 0) is 13.6 Å². The Labute approximate surface area is 167 Å². The zero-order chi connectivity index (χ0) is 20.5. The summed E-state index contributed by atoms with van der Waals surface area (Å²) in [7, 11) is 1.83. The number of carbonyl (C=O) groups is 1. The predicted molar refractivity (Wildman–Crippen MR) is 107 cm³/mol. The molecule has 150 valence electrons. The lowest BCUT2D eigenvalue weighted by molar-refractivity contribution is 0.0948. The van der Waals surface area contributed by atoms with Crippen molar-refractivity contribution < 1.29 is 9.32 Å². The molecule has 29 heavy (non-hydrogen) atoms. The molecule has 0 saturated heterocycles. The number of carbonyl (C=O) groups excluding carboxylic acids is 1. The third kappa shape index (κ3) is 3.89. The molecule has 1 N–H and O–H groups in total. The van der Waals surface area contributed by atoms with Crippen molar-refractivity contribution in [1.29, 1.82) is 0 Å². The zero-order valence-corrected chi connectivity index (χ0v) is 16.9. The molecular formula is C20H23N7O2. The maximum absolute atomic E-state index is 13.0. The monoisotopic (exact) mass is 393 g/mol. The Bertz CT molecular complexity index is 1170. The van der Waals surface area contributed by atoms with Crippen LogP contribution in [0.25, 0.3) is 22.4 Å². The minimum atomic E-state index is -0.183. The second-order valence-corrected chi connectivity index (χ2v) is 7.40. The predicted octanol–water partition coefficient (Wildman–Crippen LogP) is 2.50. The number of aryl methyl sites for hydroxylation is 3. The molecular weight excluding hydrogens is 370 g/mol. The molecule has 1 amide bonds. The molecule has 4 rings (SSSR count). The van der Waals surface area contributed by atoms with Gasteiger partial charge in [0.15, 0.2) is 0 Å². The lowest BCUT2D eigenvalue weighted by Crippen LogP contribution is -2.30. The number of hydrogen-bond donors (Lipinski definition) is 1. The highest BCUT2D eigenvalue weighted by Gasteiger charge is 2.20. The van der Waals surface area contributed by atoms with Crippen LogP contribution in [0.2, 0.25) is 0 Å². The van der Waals surface area contributed by atoms with Gasteiger partial charge >= 0.3 is 0 Å². The topological polar surface area (TPSA) is 104 Å². The first-order valence-corrected chi connectivity index (χ1v) is 9.45. The lowest BCUT2D eigenvalue weighted by atomic mass is 10.1. The summed E-state index contributed by atoms with van der Waals surface area (Å²) in [6.45, 7) is 7.09. The number of aromatic nitrogens is 6. The molecule has 9 heteroatoms. The van der Waals surface area contributed by atoms with Gasteiger partial charge in [-0.3, -0.25) is 14.2 Å². The van der Waals surface area contributed by atoms with E-state index in [2.05, 4.69) is 32.6 Å². The van der Waals surface area contributed by atoms with Gasteiger partial charge < -0.3 is 9.84 Å². The Morgan fingerprint density at radius 2 is 2.17 bits per heavy atom. The van der Waals surface area contributed by atoms with E-state index in [-0.39, 0.29) is 11.8 Å². The average Bonchev–Trinajstić information content (AvgIpc) is 3.40. The van der Waals surface area contributed by atoms with Gasteiger partial charge in [0.05, 0.1) is 34.2 Å². The fraction of sp³-hybridized carbons (Fsp3) is 0.350. The second kappa shape index (κ2) is 7.50. The number of rotatable bonds is 6. The van der Waals surface area contributed by atoms with Gasteiger partial charge in [0.2, 0.25) is 0 Å². The van der Waals surface area contributed by atoms with E-state index in [1.54, 1.807) is 23.9 Å². The maximum atomic E-state index is 13.0. The Balaban J connectivity index is 1.56. The Morgan fingerprint density at radius 3 is 2.86 bits per heavy atom. The highest BCUT2D eigenvalue weighted by molar-refractivity contribution is 6.06. The van der Waals surface area contributed by atoms with E-state index in [9.17, 15) is 4.79 Å². The van der Waals surface area contributed by atoms with E-state index in [0.29, 0.717) is 34.6 Å². The van der Waals surface area contributed by atoms with Gasteiger partial charge in [-0.15, -0.1) is 0 Å². The Hall–Kier alpha value is -3.49. The number of nitrogens with one attached hydrogen (secondary N) is 1. The molecule has 4 heterocycles. The highest BCUT2D eigenvalue weighted by atomic mass is 16.5. The van der Waals surface area contributed by atoms with E-state index in [0.717, 1.165) is 17.8 Å². The third-order valence-corrected chi connectivity index (χ3v) is 4.75. The fourth-order valence-corrected chi connectivity index (χ4v) is 3.29. The normalized spacial score (nSPS) is 12.4. The largest absolute Gasteiger partial charge is 0.352 e. The molecule has 4 aromatic heterocycles. The van der Waals surface area contributed by atoms with Crippen LogP contribution in [0.3, 0.4) is 0 Å². The summed E-state index contributed by atoms with van der Waals surface area (Å²) in [6, 6.07) is 3.73. The first-order valence-electron chi connectivity index (χ1n) is 9.45. The van der Waals surface area contributed by atoms with E-state index in [1.165, 1.54) is 0 Å². The van der Waals surface area contributed by atoms with Crippen molar-refractivity contribution in [2.75, 3.05) is 6.54 Å². The molecule has 0 aliphatic rings. The minimum absolute atomic E-state index is 0.183. The SMILES string of the molecule is Cc1ccn(C[C@@H](C)CNC(=O)c2cc(-c3cnn(C)c3)nc3onc(C)c23)n1. The third-order valence-electron chi connectivity index (χ3n) is 4.75. The average molecular weight is 393 g/mol. The van der Waals surface area contributed by atoms with Gasteiger partial charge in [-0.2, -0.15) is 10.2 Å². The van der Waals surface area contributed by atoms with Gasteiger partial charge in [0.25, 0.3) is 11.6 Å². The maximum Gasteiger partial charge on any atom is 0.259 e. The van der Waals surface area contributed by atoms with Crippen LogP contribution in [0.4, 0.5) is 0 Å². The van der Waals surface area contributed by atoms with Crippen molar-refractivity contribution in [3.8, 4) is 11.3 Å². The second-order valence-electron chi connectivity index (χ2n) is 7.40.